The molecule has 0 aromatic heterocycles. The molecule has 2 aliphatic rings. The molecule has 0 amide bonds. The molecule has 8 heavy (non-hydrogen) atoms. The smallest absolute Gasteiger partial charge is 0.0661 e. The van der Waals surface area contributed by atoms with Crippen LogP contribution in [0.3, 0.4) is 0 Å². The van der Waals surface area contributed by atoms with Crippen molar-refractivity contribution in [2.75, 3.05) is 0 Å². The highest BCUT2D eigenvalue weighted by Crippen LogP contribution is 2.56. The van der Waals surface area contributed by atoms with Crippen molar-refractivity contribution in [2.24, 2.45) is 17.8 Å². The molecule has 0 heterocycles. The van der Waals surface area contributed by atoms with Gasteiger partial charge in [-0.15, -0.1) is 0 Å². The van der Waals surface area contributed by atoms with Gasteiger partial charge in [0.05, 0.1) is 12.0 Å². The van der Waals surface area contributed by atoms with Gasteiger partial charge in [0, 0.05) is 0 Å². The molecule has 0 bridgehead atoms. The Balaban J connectivity index is 2.06. The third-order valence-electron chi connectivity index (χ3n) is 2.56. The predicted octanol–water partition coefficient (Wildman–Crippen LogP) is 1.56. The topological polar surface area (TPSA) is 23.8 Å². The van der Waals surface area contributed by atoms with Crippen LogP contribution < -0.4 is 0 Å². The highest BCUT2D eigenvalue weighted by molar-refractivity contribution is 5.11. The van der Waals surface area contributed by atoms with Gasteiger partial charge in [-0.3, -0.25) is 0 Å². The van der Waals surface area contributed by atoms with Gasteiger partial charge in [0.1, 0.15) is 0 Å². The number of nitriles is 1. The van der Waals surface area contributed by atoms with Gasteiger partial charge in [0.15, 0.2) is 0 Å². The minimum absolute atomic E-state index is 0.476. The minimum Gasteiger partial charge on any atom is -0.198 e. The number of hydrogen-bond acceptors (Lipinski definition) is 1. The first-order valence-electron chi connectivity index (χ1n) is 3.33. The average molecular weight is 107 g/mol. The average Bonchev–Trinajstić information content (AvgIpc) is 2.22. The Morgan fingerprint density at radius 3 is 2.25 bits per heavy atom. The van der Waals surface area contributed by atoms with Crippen molar-refractivity contribution in [3.05, 3.63) is 0 Å². The quantitative estimate of drug-likeness (QED) is 0.460. The van der Waals surface area contributed by atoms with Crippen LogP contribution in [0, 0.1) is 29.1 Å². The summed E-state index contributed by atoms with van der Waals surface area (Å²) in [6.45, 7) is 0. The zero-order valence-corrected chi connectivity index (χ0v) is 4.80. The lowest BCUT2D eigenvalue weighted by molar-refractivity contribution is 0.672. The van der Waals surface area contributed by atoms with Crippen molar-refractivity contribution >= 4 is 0 Å². The minimum atomic E-state index is 0.476. The molecule has 2 rings (SSSR count). The van der Waals surface area contributed by atoms with Gasteiger partial charge in [0.2, 0.25) is 0 Å². The van der Waals surface area contributed by atoms with Crippen molar-refractivity contribution < 1.29 is 0 Å². The van der Waals surface area contributed by atoms with Crippen molar-refractivity contribution in [1.29, 1.82) is 5.26 Å². The van der Waals surface area contributed by atoms with Gasteiger partial charge in [0.25, 0.3) is 0 Å². The third kappa shape index (κ3) is 0.362. The fraction of sp³-hybridized carbons (Fsp3) is 0.857. The van der Waals surface area contributed by atoms with Crippen molar-refractivity contribution in [3.63, 3.8) is 0 Å². The largest absolute Gasteiger partial charge is 0.198 e. The molecule has 42 valence electrons. The van der Waals surface area contributed by atoms with Crippen LogP contribution in [-0.4, -0.2) is 0 Å². The maximum absolute atomic E-state index is 8.46. The summed E-state index contributed by atoms with van der Waals surface area (Å²) in [5.74, 6) is 2.14. The van der Waals surface area contributed by atoms with E-state index >= 15 is 0 Å². The Morgan fingerprint density at radius 1 is 1.25 bits per heavy atom. The molecular weight excluding hydrogens is 98.1 g/mol. The zero-order chi connectivity index (χ0) is 5.56. The maximum Gasteiger partial charge on any atom is 0.0661 e. The van der Waals surface area contributed by atoms with Crippen molar-refractivity contribution in [2.45, 2.75) is 19.3 Å². The van der Waals surface area contributed by atoms with Crippen LogP contribution in [0.5, 0.6) is 0 Å². The van der Waals surface area contributed by atoms with Crippen LogP contribution >= 0.6 is 0 Å². The van der Waals surface area contributed by atoms with Crippen molar-refractivity contribution in [3.8, 4) is 6.07 Å². The first kappa shape index (κ1) is 4.38. The molecule has 2 unspecified atom stereocenters. The lowest BCUT2D eigenvalue weighted by Crippen LogP contribution is -1.80. The van der Waals surface area contributed by atoms with E-state index in [1.165, 1.54) is 19.3 Å². The molecular formula is C7H9N. The van der Waals surface area contributed by atoms with Gasteiger partial charge in [-0.05, 0) is 24.7 Å². The maximum atomic E-state index is 8.46. The van der Waals surface area contributed by atoms with Crippen LogP contribution in [0.4, 0.5) is 0 Å². The lowest BCUT2D eigenvalue weighted by Gasteiger charge is -1.87. The SMILES string of the molecule is N#CC1C2CCCC12. The highest BCUT2D eigenvalue weighted by atomic mass is 14.6. The summed E-state index contributed by atoms with van der Waals surface area (Å²) in [7, 11) is 0. The van der Waals surface area contributed by atoms with E-state index in [1.807, 2.05) is 0 Å². The molecule has 0 radical (unpaired) electrons. The van der Waals surface area contributed by atoms with Gasteiger partial charge in [-0.2, -0.15) is 5.26 Å². The molecule has 0 aromatic rings. The Kier molecular flexibility index (Phi) is 0.686. The van der Waals surface area contributed by atoms with E-state index in [9.17, 15) is 0 Å². The molecule has 0 saturated heterocycles. The summed E-state index contributed by atoms with van der Waals surface area (Å²) in [5.41, 5.74) is 0. The number of rotatable bonds is 0. The first-order valence-corrected chi connectivity index (χ1v) is 3.33. The molecule has 2 atom stereocenters. The number of nitrogens with zero attached hydrogens (tertiary/aromatic N) is 1. The van der Waals surface area contributed by atoms with Crippen LogP contribution in [0.25, 0.3) is 0 Å². The zero-order valence-electron chi connectivity index (χ0n) is 4.80. The Labute approximate surface area is 49.3 Å². The summed E-state index contributed by atoms with van der Waals surface area (Å²) >= 11 is 0. The molecule has 2 aliphatic carbocycles. The molecule has 0 spiro atoms. The van der Waals surface area contributed by atoms with Gasteiger partial charge in [-0.25, -0.2) is 0 Å². The van der Waals surface area contributed by atoms with Gasteiger partial charge < -0.3 is 0 Å². The molecule has 2 fully saturated rings. The van der Waals surface area contributed by atoms with Gasteiger partial charge in [-0.1, -0.05) is 6.42 Å². The summed E-state index contributed by atoms with van der Waals surface area (Å²) in [6, 6.07) is 2.34. The Hall–Kier alpha value is -0.510. The predicted molar refractivity (Wildman–Crippen MR) is 29.9 cm³/mol. The second-order valence-electron chi connectivity index (χ2n) is 2.91. The Morgan fingerprint density at radius 2 is 1.88 bits per heavy atom. The first-order chi connectivity index (χ1) is 3.93. The molecule has 1 heteroatoms. The van der Waals surface area contributed by atoms with E-state index in [-0.39, 0.29) is 0 Å². The van der Waals surface area contributed by atoms with Crippen LogP contribution in [0.1, 0.15) is 19.3 Å². The molecule has 0 aliphatic heterocycles. The highest BCUT2D eigenvalue weighted by Gasteiger charge is 2.52. The van der Waals surface area contributed by atoms with E-state index in [2.05, 4.69) is 6.07 Å². The fourth-order valence-electron chi connectivity index (χ4n) is 2.01. The summed E-state index contributed by atoms with van der Waals surface area (Å²) in [4.78, 5) is 0. The lowest BCUT2D eigenvalue weighted by atomic mass is 10.2. The number of fused-ring (bicyclic) bond motifs is 1. The molecule has 2 saturated carbocycles. The van der Waals surface area contributed by atoms with Crippen LogP contribution in [0.2, 0.25) is 0 Å². The summed E-state index contributed by atoms with van der Waals surface area (Å²) < 4.78 is 0. The van der Waals surface area contributed by atoms with E-state index in [1.54, 1.807) is 0 Å². The second-order valence-corrected chi connectivity index (χ2v) is 2.91. The second kappa shape index (κ2) is 1.25. The fourth-order valence-corrected chi connectivity index (χ4v) is 2.01. The monoisotopic (exact) mass is 107 g/mol. The Bertz CT molecular complexity index is 135. The van der Waals surface area contributed by atoms with E-state index < -0.39 is 0 Å². The third-order valence-corrected chi connectivity index (χ3v) is 2.56. The van der Waals surface area contributed by atoms with Crippen LogP contribution in [0.15, 0.2) is 0 Å². The molecule has 1 nitrogen and oxygen atoms in total. The standard InChI is InChI=1S/C7H9N/c8-4-7-5-2-1-3-6(5)7/h5-7H,1-3H2. The van der Waals surface area contributed by atoms with Crippen molar-refractivity contribution in [1.82, 2.24) is 0 Å². The van der Waals surface area contributed by atoms with E-state index in [0.717, 1.165) is 11.8 Å². The summed E-state index contributed by atoms with van der Waals surface area (Å²) in [6.07, 6.45) is 4.05. The molecule has 0 aromatic carbocycles. The number of hydrogen-bond donors (Lipinski definition) is 0. The van der Waals surface area contributed by atoms with Crippen LogP contribution in [-0.2, 0) is 0 Å². The normalized spacial score (nSPS) is 50.1. The van der Waals surface area contributed by atoms with Gasteiger partial charge >= 0.3 is 0 Å². The molecule has 0 N–H and O–H groups in total. The van der Waals surface area contributed by atoms with E-state index in [0.29, 0.717) is 5.92 Å². The van der Waals surface area contributed by atoms with E-state index in [4.69, 9.17) is 5.26 Å². The summed E-state index contributed by atoms with van der Waals surface area (Å²) in [5, 5.41) is 8.46.